The number of hydrogen-bond donors (Lipinski definition) is 1. The fourth-order valence-electron chi connectivity index (χ4n) is 2.44. The lowest BCUT2D eigenvalue weighted by Gasteiger charge is -2.13. The molecule has 9 heteroatoms. The smallest absolute Gasteiger partial charge is 0.346 e. The van der Waals surface area contributed by atoms with E-state index < -0.39 is 21.6 Å². The van der Waals surface area contributed by atoms with Crippen molar-refractivity contribution < 1.29 is 17.9 Å². The first kappa shape index (κ1) is 19.1. The van der Waals surface area contributed by atoms with Crippen LogP contribution in [0.15, 0.2) is 61.6 Å². The molecule has 0 radical (unpaired) electrons. The number of aromatic hydroxyl groups is 1. The van der Waals surface area contributed by atoms with Gasteiger partial charge in [-0.05, 0) is 24.3 Å². The minimum absolute atomic E-state index is 0.0710. The van der Waals surface area contributed by atoms with Crippen molar-refractivity contribution in [3.8, 4) is 5.95 Å². The molecule has 1 N–H and O–H groups in total. The van der Waals surface area contributed by atoms with E-state index in [4.69, 9.17) is 16.0 Å². The van der Waals surface area contributed by atoms with Gasteiger partial charge in [0.25, 0.3) is 5.95 Å². The molecule has 0 bridgehead atoms. The fourth-order valence-corrected chi connectivity index (χ4v) is 3.83. The molecule has 7 nitrogen and oxygen atoms in total. The maximum absolute atomic E-state index is 12.3. The topological polar surface area (TPSA) is 100 Å². The summed E-state index contributed by atoms with van der Waals surface area (Å²) in [5.74, 6) is -0.572. The van der Waals surface area contributed by atoms with Gasteiger partial charge < -0.3 is 9.52 Å². The van der Waals surface area contributed by atoms with Crippen LogP contribution in [0.4, 0.5) is 5.69 Å². The zero-order chi connectivity index (χ0) is 19.8. The predicted octanol–water partition coefficient (Wildman–Crippen LogP) is 3.15. The first-order valence-corrected chi connectivity index (χ1v) is 9.54. The van der Waals surface area contributed by atoms with E-state index in [0.717, 1.165) is 4.31 Å². The first-order valence-electron chi connectivity index (χ1n) is 7.73. The Kier molecular flexibility index (Phi) is 5.05. The predicted molar refractivity (Wildman–Crippen MR) is 104 cm³/mol. The van der Waals surface area contributed by atoms with E-state index in [-0.39, 0.29) is 15.5 Å². The highest BCUT2D eigenvalue weighted by Gasteiger charge is 2.21. The molecule has 2 aromatic carbocycles. The molecule has 0 aliphatic carbocycles. The van der Waals surface area contributed by atoms with Gasteiger partial charge in [-0.2, -0.15) is 0 Å². The summed E-state index contributed by atoms with van der Waals surface area (Å²) in [4.78, 5) is 15.9. The number of rotatable bonds is 4. The van der Waals surface area contributed by atoms with Crippen LogP contribution in [0.5, 0.6) is 5.95 Å². The maximum Gasteiger partial charge on any atom is 0.346 e. The summed E-state index contributed by atoms with van der Waals surface area (Å²) in [6.07, 6.45) is 1.30. The minimum atomic E-state index is -3.74. The quantitative estimate of drug-likeness (QED) is 0.671. The van der Waals surface area contributed by atoms with Crippen LogP contribution in [0.25, 0.3) is 10.8 Å². The molecule has 0 atom stereocenters. The largest absolute Gasteiger partial charge is 0.480 e. The molecule has 1 heterocycles. The van der Waals surface area contributed by atoms with Gasteiger partial charge in [-0.25, -0.2) is 17.5 Å². The molecule has 3 rings (SSSR count). The van der Waals surface area contributed by atoms with Gasteiger partial charge in [-0.15, -0.1) is 0 Å². The molecule has 0 unspecified atom stereocenters. The number of benzene rings is 2. The van der Waals surface area contributed by atoms with Gasteiger partial charge in [-0.3, -0.25) is 4.99 Å². The summed E-state index contributed by atoms with van der Waals surface area (Å²) < 4.78 is 30.6. The van der Waals surface area contributed by atoms with Crippen LogP contribution < -0.4 is 5.63 Å². The molecule has 0 spiro atoms. The third-order valence-electron chi connectivity index (χ3n) is 3.87. The molecular weight excluding hydrogens is 392 g/mol. The van der Waals surface area contributed by atoms with Gasteiger partial charge in [-0.1, -0.05) is 29.8 Å². The number of halogens is 1. The monoisotopic (exact) mass is 406 g/mol. The van der Waals surface area contributed by atoms with Crippen molar-refractivity contribution in [2.45, 2.75) is 4.90 Å². The molecule has 0 amide bonds. The van der Waals surface area contributed by atoms with Gasteiger partial charge in [0.1, 0.15) is 4.90 Å². The second kappa shape index (κ2) is 7.15. The highest BCUT2D eigenvalue weighted by Crippen LogP contribution is 2.29. The SMILES string of the molecule is CN(C)S(=O)(=O)c1cc(N=Cc2c(O)oc(=O)c3ccccc23)ccc1Cl. The normalized spacial score (nSPS) is 12.3. The first-order chi connectivity index (χ1) is 12.7. The fraction of sp³-hybridized carbons (Fsp3) is 0.111. The van der Waals surface area contributed by atoms with Crippen molar-refractivity contribution in [3.63, 3.8) is 0 Å². The Morgan fingerprint density at radius 1 is 1.15 bits per heavy atom. The Hall–Kier alpha value is -2.68. The number of hydrogen-bond acceptors (Lipinski definition) is 6. The zero-order valence-electron chi connectivity index (χ0n) is 14.4. The van der Waals surface area contributed by atoms with Crippen molar-refractivity contribution in [2.24, 2.45) is 4.99 Å². The Labute approximate surface area is 160 Å². The molecule has 0 saturated heterocycles. The second-order valence-electron chi connectivity index (χ2n) is 5.81. The van der Waals surface area contributed by atoms with Crippen LogP contribution in [-0.2, 0) is 10.0 Å². The Bertz CT molecular complexity index is 1220. The second-order valence-corrected chi connectivity index (χ2v) is 8.34. The van der Waals surface area contributed by atoms with E-state index in [1.807, 2.05) is 0 Å². The van der Waals surface area contributed by atoms with Crippen molar-refractivity contribution in [2.75, 3.05) is 14.1 Å². The number of fused-ring (bicyclic) bond motifs is 1. The van der Waals surface area contributed by atoms with Crippen LogP contribution in [-0.4, -0.2) is 38.1 Å². The summed E-state index contributed by atoms with van der Waals surface area (Å²) in [6.45, 7) is 0. The average Bonchev–Trinajstić information content (AvgIpc) is 2.62. The molecule has 1 aromatic heterocycles. The van der Waals surface area contributed by atoms with Gasteiger partial charge in [0.15, 0.2) is 0 Å². The van der Waals surface area contributed by atoms with Crippen molar-refractivity contribution in [1.29, 1.82) is 0 Å². The summed E-state index contributed by atoms with van der Waals surface area (Å²) >= 11 is 6.02. The number of nitrogens with zero attached hydrogens (tertiary/aromatic N) is 2. The molecule has 0 aliphatic heterocycles. The molecule has 0 saturated carbocycles. The van der Waals surface area contributed by atoms with E-state index in [1.165, 1.54) is 38.5 Å². The van der Waals surface area contributed by atoms with Gasteiger partial charge in [0.05, 0.1) is 21.7 Å². The van der Waals surface area contributed by atoms with Crippen LogP contribution in [0.2, 0.25) is 5.02 Å². The Morgan fingerprint density at radius 2 is 1.81 bits per heavy atom. The summed E-state index contributed by atoms with van der Waals surface area (Å²) in [5.41, 5.74) is -0.155. The van der Waals surface area contributed by atoms with Crippen LogP contribution in [0, 0.1) is 0 Å². The van der Waals surface area contributed by atoms with Gasteiger partial charge in [0.2, 0.25) is 10.0 Å². The summed E-state index contributed by atoms with van der Waals surface area (Å²) in [7, 11) is -0.942. The number of sulfonamides is 1. The van der Waals surface area contributed by atoms with Crippen molar-refractivity contribution >= 4 is 44.3 Å². The van der Waals surface area contributed by atoms with Crippen molar-refractivity contribution in [1.82, 2.24) is 4.31 Å². The van der Waals surface area contributed by atoms with E-state index in [0.29, 0.717) is 16.5 Å². The molecular formula is C18H15ClN2O5S. The van der Waals surface area contributed by atoms with E-state index >= 15 is 0 Å². The maximum atomic E-state index is 12.3. The van der Waals surface area contributed by atoms with Crippen LogP contribution in [0.3, 0.4) is 0 Å². The highest BCUT2D eigenvalue weighted by atomic mass is 35.5. The lowest BCUT2D eigenvalue weighted by Crippen LogP contribution is -2.22. The zero-order valence-corrected chi connectivity index (χ0v) is 16.0. The standard InChI is InChI=1S/C18H15ClN2O5S/c1-21(2)27(24,25)16-9-11(7-8-15(16)19)20-10-14-12-5-3-4-6-13(12)17(22)26-18(14)23/h3-10,23H,1-2H3. The lowest BCUT2D eigenvalue weighted by atomic mass is 10.1. The summed E-state index contributed by atoms with van der Waals surface area (Å²) in [6, 6.07) is 10.9. The molecule has 0 aliphatic rings. The van der Waals surface area contributed by atoms with E-state index in [9.17, 15) is 18.3 Å². The van der Waals surface area contributed by atoms with Gasteiger partial charge >= 0.3 is 5.63 Å². The highest BCUT2D eigenvalue weighted by molar-refractivity contribution is 7.89. The lowest BCUT2D eigenvalue weighted by molar-refractivity contribution is 0.312. The van der Waals surface area contributed by atoms with E-state index in [2.05, 4.69) is 4.99 Å². The molecule has 3 aromatic rings. The average molecular weight is 407 g/mol. The Morgan fingerprint density at radius 3 is 2.48 bits per heavy atom. The van der Waals surface area contributed by atoms with Crippen molar-refractivity contribution in [3.05, 3.63) is 63.5 Å². The molecule has 27 heavy (non-hydrogen) atoms. The third-order valence-corrected chi connectivity index (χ3v) is 6.17. The molecule has 140 valence electrons. The van der Waals surface area contributed by atoms with E-state index in [1.54, 1.807) is 24.3 Å². The Balaban J connectivity index is 2.11. The number of aliphatic imine (C=N–C) groups is 1. The van der Waals surface area contributed by atoms with Crippen LogP contribution >= 0.6 is 11.6 Å². The summed E-state index contributed by atoms with van der Waals surface area (Å²) in [5, 5.41) is 10.8. The third kappa shape index (κ3) is 3.59. The van der Waals surface area contributed by atoms with Crippen LogP contribution in [0.1, 0.15) is 5.56 Å². The molecule has 0 fully saturated rings. The van der Waals surface area contributed by atoms with Gasteiger partial charge in [0, 0.05) is 25.7 Å². The minimum Gasteiger partial charge on any atom is -0.480 e.